The molecule has 0 radical (unpaired) electrons. The van der Waals surface area contributed by atoms with Gasteiger partial charge in [-0.05, 0) is 49.1 Å². The van der Waals surface area contributed by atoms with E-state index in [0.29, 0.717) is 0 Å². The summed E-state index contributed by atoms with van der Waals surface area (Å²) in [6, 6.07) is 18.2. The predicted molar refractivity (Wildman–Crippen MR) is 90.9 cm³/mol. The first kappa shape index (κ1) is 14.4. The number of piperidine rings is 1. The summed E-state index contributed by atoms with van der Waals surface area (Å²) in [5.74, 6) is 0.350. The first-order chi connectivity index (χ1) is 11.3. The average Bonchev–Trinajstić information content (AvgIpc) is 2.93. The summed E-state index contributed by atoms with van der Waals surface area (Å²) in [5.41, 5.74) is 6.82. The fourth-order valence-corrected chi connectivity index (χ4v) is 3.86. The molecular formula is C19H21N3O. The van der Waals surface area contributed by atoms with Crippen LogP contribution in [0.25, 0.3) is 0 Å². The van der Waals surface area contributed by atoms with Crippen LogP contribution in [-0.2, 0) is 4.79 Å². The maximum absolute atomic E-state index is 13.1. The fraction of sp³-hybridized carbons (Fsp3) is 0.316. The molecule has 3 atom stereocenters. The van der Waals surface area contributed by atoms with Gasteiger partial charge in [0.05, 0.1) is 17.8 Å². The van der Waals surface area contributed by atoms with Crippen molar-refractivity contribution in [3.63, 3.8) is 0 Å². The molecule has 0 saturated carbocycles. The SMILES string of the molecule is Cc1ccccc1C1CCNC2NN(c3ccccc3)C(=O)C21. The van der Waals surface area contributed by atoms with Gasteiger partial charge in [0.1, 0.15) is 0 Å². The van der Waals surface area contributed by atoms with Gasteiger partial charge in [-0.3, -0.25) is 10.1 Å². The molecule has 4 heteroatoms. The Hall–Kier alpha value is -2.17. The van der Waals surface area contributed by atoms with Crippen LogP contribution in [0, 0.1) is 12.8 Å². The van der Waals surface area contributed by atoms with Crippen LogP contribution in [0.5, 0.6) is 0 Å². The van der Waals surface area contributed by atoms with Crippen molar-refractivity contribution in [3.05, 3.63) is 65.7 Å². The van der Waals surface area contributed by atoms with Crippen LogP contribution in [0.2, 0.25) is 0 Å². The number of hydrogen-bond donors (Lipinski definition) is 2. The van der Waals surface area contributed by atoms with Crippen molar-refractivity contribution in [2.24, 2.45) is 5.92 Å². The van der Waals surface area contributed by atoms with E-state index in [1.165, 1.54) is 11.1 Å². The van der Waals surface area contributed by atoms with Crippen LogP contribution in [0.4, 0.5) is 5.69 Å². The number of hydrogen-bond acceptors (Lipinski definition) is 3. The zero-order valence-electron chi connectivity index (χ0n) is 13.2. The number of benzene rings is 2. The summed E-state index contributed by atoms with van der Waals surface area (Å²) in [6.45, 7) is 3.05. The van der Waals surface area contributed by atoms with Gasteiger partial charge in [-0.15, -0.1) is 0 Å². The van der Waals surface area contributed by atoms with Gasteiger partial charge in [0.15, 0.2) is 0 Å². The van der Waals surface area contributed by atoms with Gasteiger partial charge in [-0.2, -0.15) is 0 Å². The second-order valence-corrected chi connectivity index (χ2v) is 6.35. The number of carbonyl (C=O) groups excluding carboxylic acids is 1. The minimum Gasteiger partial charge on any atom is -0.300 e. The Balaban J connectivity index is 1.68. The number of anilines is 1. The second-order valence-electron chi connectivity index (χ2n) is 6.35. The highest BCUT2D eigenvalue weighted by Gasteiger charge is 2.47. The highest BCUT2D eigenvalue weighted by atomic mass is 16.2. The van der Waals surface area contributed by atoms with E-state index in [4.69, 9.17) is 0 Å². The maximum atomic E-state index is 13.1. The van der Waals surface area contributed by atoms with Gasteiger partial charge < -0.3 is 0 Å². The van der Waals surface area contributed by atoms with Gasteiger partial charge >= 0.3 is 0 Å². The zero-order valence-corrected chi connectivity index (χ0v) is 13.2. The van der Waals surface area contributed by atoms with Crippen molar-refractivity contribution in [2.75, 3.05) is 11.6 Å². The quantitative estimate of drug-likeness (QED) is 0.896. The molecule has 2 N–H and O–H groups in total. The molecule has 3 unspecified atom stereocenters. The number of nitrogens with one attached hydrogen (secondary N) is 2. The van der Waals surface area contributed by atoms with Crippen molar-refractivity contribution in [2.45, 2.75) is 25.4 Å². The third-order valence-corrected chi connectivity index (χ3v) is 4.99. The number of carbonyl (C=O) groups is 1. The Kier molecular flexibility index (Phi) is 3.63. The highest BCUT2D eigenvalue weighted by Crippen LogP contribution is 2.38. The molecule has 23 heavy (non-hydrogen) atoms. The van der Waals surface area contributed by atoms with Crippen LogP contribution < -0.4 is 15.8 Å². The van der Waals surface area contributed by atoms with E-state index >= 15 is 0 Å². The molecule has 0 aromatic heterocycles. The molecule has 0 spiro atoms. The molecule has 2 heterocycles. The van der Waals surface area contributed by atoms with Crippen LogP contribution in [0.1, 0.15) is 23.5 Å². The number of rotatable bonds is 2. The molecule has 2 fully saturated rings. The minimum absolute atomic E-state index is 0.000984. The van der Waals surface area contributed by atoms with Gasteiger partial charge in [-0.1, -0.05) is 42.5 Å². The molecule has 2 saturated heterocycles. The second kappa shape index (κ2) is 5.80. The molecule has 1 amide bonds. The summed E-state index contributed by atoms with van der Waals surface area (Å²) in [5, 5.41) is 5.16. The van der Waals surface area contributed by atoms with E-state index in [2.05, 4.69) is 41.9 Å². The molecule has 0 aliphatic carbocycles. The molecular weight excluding hydrogens is 286 g/mol. The Bertz CT molecular complexity index is 716. The normalized spacial score (nSPS) is 27.1. The Morgan fingerprint density at radius 2 is 1.78 bits per heavy atom. The van der Waals surface area contributed by atoms with Crippen LogP contribution in [-0.4, -0.2) is 18.6 Å². The van der Waals surface area contributed by atoms with E-state index in [9.17, 15) is 4.79 Å². The number of amides is 1. The summed E-state index contributed by atoms with van der Waals surface area (Å²) < 4.78 is 0. The van der Waals surface area contributed by atoms with Crippen molar-refractivity contribution < 1.29 is 4.79 Å². The van der Waals surface area contributed by atoms with Crippen molar-refractivity contribution in [1.82, 2.24) is 10.7 Å². The van der Waals surface area contributed by atoms with E-state index < -0.39 is 0 Å². The molecule has 2 aromatic carbocycles. The lowest BCUT2D eigenvalue weighted by atomic mass is 9.78. The van der Waals surface area contributed by atoms with Crippen molar-refractivity contribution >= 4 is 11.6 Å². The number of para-hydroxylation sites is 1. The van der Waals surface area contributed by atoms with Crippen LogP contribution in [0.15, 0.2) is 54.6 Å². The number of aryl methyl sites for hydroxylation is 1. The van der Waals surface area contributed by atoms with E-state index in [1.54, 1.807) is 5.01 Å². The zero-order chi connectivity index (χ0) is 15.8. The summed E-state index contributed by atoms with van der Waals surface area (Å²) in [6.07, 6.45) is 0.989. The molecule has 2 aliphatic rings. The Morgan fingerprint density at radius 1 is 1.04 bits per heavy atom. The van der Waals surface area contributed by atoms with Crippen molar-refractivity contribution in [1.29, 1.82) is 0 Å². The largest absolute Gasteiger partial charge is 0.300 e. The lowest BCUT2D eigenvalue weighted by molar-refractivity contribution is -0.121. The lowest BCUT2D eigenvalue weighted by Crippen LogP contribution is -2.50. The van der Waals surface area contributed by atoms with Crippen molar-refractivity contribution in [3.8, 4) is 0 Å². The molecule has 118 valence electrons. The summed E-state index contributed by atoms with van der Waals surface area (Å²) >= 11 is 0. The Labute approximate surface area is 136 Å². The maximum Gasteiger partial charge on any atom is 0.248 e. The van der Waals surface area contributed by atoms with Gasteiger partial charge in [0.2, 0.25) is 5.91 Å². The van der Waals surface area contributed by atoms with E-state index in [-0.39, 0.29) is 23.9 Å². The standard InChI is InChI=1S/C19H21N3O/c1-13-7-5-6-10-15(13)16-11-12-20-18-17(16)19(23)22(21-18)14-8-3-2-4-9-14/h2-10,16-18,20-21H,11-12H2,1H3. The Morgan fingerprint density at radius 3 is 2.57 bits per heavy atom. The van der Waals surface area contributed by atoms with Gasteiger partial charge in [0, 0.05) is 0 Å². The predicted octanol–water partition coefficient (Wildman–Crippen LogP) is 2.57. The fourth-order valence-electron chi connectivity index (χ4n) is 3.86. The van der Waals surface area contributed by atoms with E-state index in [0.717, 1.165) is 18.7 Å². The number of nitrogens with zero attached hydrogens (tertiary/aromatic N) is 1. The molecule has 0 bridgehead atoms. The molecule has 4 rings (SSSR count). The smallest absolute Gasteiger partial charge is 0.248 e. The highest BCUT2D eigenvalue weighted by molar-refractivity contribution is 5.97. The minimum atomic E-state index is -0.0648. The lowest BCUT2D eigenvalue weighted by Gasteiger charge is -2.33. The average molecular weight is 307 g/mol. The monoisotopic (exact) mass is 307 g/mol. The molecule has 2 aliphatic heterocycles. The third-order valence-electron chi connectivity index (χ3n) is 4.99. The third kappa shape index (κ3) is 2.44. The number of hydrazine groups is 1. The first-order valence-electron chi connectivity index (χ1n) is 8.20. The molecule has 4 nitrogen and oxygen atoms in total. The van der Waals surface area contributed by atoms with Gasteiger partial charge in [0.25, 0.3) is 0 Å². The topological polar surface area (TPSA) is 44.4 Å². The van der Waals surface area contributed by atoms with Crippen LogP contribution in [0.3, 0.4) is 0 Å². The number of fused-ring (bicyclic) bond motifs is 1. The van der Waals surface area contributed by atoms with E-state index in [1.807, 2.05) is 30.3 Å². The van der Waals surface area contributed by atoms with Gasteiger partial charge in [-0.25, -0.2) is 10.4 Å². The summed E-state index contributed by atoms with van der Waals surface area (Å²) in [7, 11) is 0. The summed E-state index contributed by atoms with van der Waals surface area (Å²) in [4.78, 5) is 13.1. The first-order valence-corrected chi connectivity index (χ1v) is 8.20. The van der Waals surface area contributed by atoms with Crippen LogP contribution >= 0.6 is 0 Å². The molecule has 2 aromatic rings.